The fourth-order valence-corrected chi connectivity index (χ4v) is 3.56. The minimum absolute atomic E-state index is 0.163. The van der Waals surface area contributed by atoms with E-state index in [0.717, 1.165) is 16.8 Å². The lowest BCUT2D eigenvalue weighted by molar-refractivity contribution is 0.0941. The molecular formula is C25H23FN10O. The molecule has 0 aliphatic heterocycles. The van der Waals surface area contributed by atoms with Crippen molar-refractivity contribution in [3.63, 3.8) is 0 Å². The Morgan fingerprint density at radius 1 is 1.03 bits per heavy atom. The van der Waals surface area contributed by atoms with Crippen LogP contribution in [0.2, 0.25) is 0 Å². The molecule has 0 bridgehead atoms. The van der Waals surface area contributed by atoms with Crippen LogP contribution in [0.1, 0.15) is 33.0 Å². The second-order valence-electron chi connectivity index (χ2n) is 8.50. The van der Waals surface area contributed by atoms with Gasteiger partial charge in [-0.15, -0.1) is 0 Å². The zero-order valence-corrected chi connectivity index (χ0v) is 20.3. The van der Waals surface area contributed by atoms with E-state index in [9.17, 15) is 9.18 Å². The van der Waals surface area contributed by atoms with Gasteiger partial charge in [0.25, 0.3) is 5.91 Å². The normalized spacial score (nSPS) is 10.9. The zero-order valence-electron chi connectivity index (χ0n) is 20.3. The molecule has 1 amide bonds. The molecule has 0 radical (unpaired) electrons. The van der Waals surface area contributed by atoms with E-state index in [-0.39, 0.29) is 18.1 Å². The van der Waals surface area contributed by atoms with E-state index in [4.69, 9.17) is 0 Å². The molecule has 0 fully saturated rings. The number of hydrogen-bond acceptors (Lipinski definition) is 8. The Bertz CT molecular complexity index is 1570. The quantitative estimate of drug-likeness (QED) is 0.309. The standard InChI is InChI=1S/C25H23FN10O/c1-14-9-30-36(13-14)22-5-4-17(10-27-22)11-29-25(37)23-19(26)8-18(12-28-23)24-31-15(2)6-20(33-24)32-21-7-16(3)34-35-21/h4-10,12-13H,11H2,1-3H3,(H,29,37)(H2,31,32,33,34,35). The lowest BCUT2D eigenvalue weighted by atomic mass is 10.2. The third-order valence-electron chi connectivity index (χ3n) is 5.34. The van der Waals surface area contributed by atoms with Crippen LogP contribution in [0.15, 0.2) is 55.1 Å². The van der Waals surface area contributed by atoms with Crippen LogP contribution in [0.4, 0.5) is 16.0 Å². The molecule has 5 rings (SSSR count). The average molecular weight is 499 g/mol. The maximum atomic E-state index is 14.9. The van der Waals surface area contributed by atoms with E-state index in [1.54, 1.807) is 36.1 Å². The van der Waals surface area contributed by atoms with Crippen LogP contribution in [0.5, 0.6) is 0 Å². The van der Waals surface area contributed by atoms with Gasteiger partial charge < -0.3 is 10.6 Å². The smallest absolute Gasteiger partial charge is 0.273 e. The van der Waals surface area contributed by atoms with E-state index in [0.29, 0.717) is 28.7 Å². The topological polar surface area (TPSA) is 139 Å². The van der Waals surface area contributed by atoms with E-state index in [1.165, 1.54) is 12.3 Å². The molecule has 0 spiro atoms. The van der Waals surface area contributed by atoms with Gasteiger partial charge >= 0.3 is 0 Å². The molecular weight excluding hydrogens is 475 g/mol. The third-order valence-corrected chi connectivity index (χ3v) is 5.34. The summed E-state index contributed by atoms with van der Waals surface area (Å²) in [5, 5.41) is 16.9. The number of halogens is 1. The predicted octanol–water partition coefficient (Wildman–Crippen LogP) is 3.58. The van der Waals surface area contributed by atoms with Crippen LogP contribution < -0.4 is 10.6 Å². The van der Waals surface area contributed by atoms with Crippen LogP contribution >= 0.6 is 0 Å². The van der Waals surface area contributed by atoms with Gasteiger partial charge in [0.1, 0.15) is 5.82 Å². The predicted molar refractivity (Wildman–Crippen MR) is 134 cm³/mol. The second-order valence-corrected chi connectivity index (χ2v) is 8.50. The van der Waals surface area contributed by atoms with Gasteiger partial charge in [-0.25, -0.2) is 29.0 Å². The number of nitrogens with one attached hydrogen (secondary N) is 3. The van der Waals surface area contributed by atoms with Crippen molar-refractivity contribution in [1.29, 1.82) is 0 Å². The highest BCUT2D eigenvalue weighted by Gasteiger charge is 2.16. The molecule has 0 aromatic carbocycles. The molecule has 186 valence electrons. The summed E-state index contributed by atoms with van der Waals surface area (Å²) in [7, 11) is 0. The van der Waals surface area contributed by atoms with Gasteiger partial charge in [-0.05, 0) is 44.0 Å². The van der Waals surface area contributed by atoms with Gasteiger partial charge in [0, 0.05) is 54.2 Å². The van der Waals surface area contributed by atoms with Gasteiger partial charge in [0.05, 0.1) is 6.20 Å². The number of rotatable bonds is 7. The summed E-state index contributed by atoms with van der Waals surface area (Å²) in [6.45, 7) is 5.79. The Hall–Kier alpha value is -5.00. The number of amides is 1. The first kappa shape index (κ1) is 23.7. The van der Waals surface area contributed by atoms with Crippen molar-refractivity contribution in [3.8, 4) is 17.2 Å². The maximum Gasteiger partial charge on any atom is 0.273 e. The average Bonchev–Trinajstić information content (AvgIpc) is 3.50. The second kappa shape index (κ2) is 9.93. The van der Waals surface area contributed by atoms with Crippen molar-refractivity contribution in [2.24, 2.45) is 0 Å². The zero-order chi connectivity index (χ0) is 25.9. The van der Waals surface area contributed by atoms with Crippen LogP contribution in [0.25, 0.3) is 17.2 Å². The number of hydrogen-bond donors (Lipinski definition) is 3. The summed E-state index contributed by atoms with van der Waals surface area (Å²) < 4.78 is 16.5. The van der Waals surface area contributed by atoms with Gasteiger partial charge in [-0.3, -0.25) is 9.89 Å². The van der Waals surface area contributed by atoms with Crippen LogP contribution in [0.3, 0.4) is 0 Å². The van der Waals surface area contributed by atoms with E-state index in [2.05, 4.69) is 45.9 Å². The molecule has 0 aliphatic carbocycles. The summed E-state index contributed by atoms with van der Waals surface area (Å²) in [4.78, 5) is 29.8. The lowest BCUT2D eigenvalue weighted by Crippen LogP contribution is -2.25. The highest BCUT2D eigenvalue weighted by atomic mass is 19.1. The number of nitrogens with zero attached hydrogens (tertiary/aromatic N) is 7. The highest BCUT2D eigenvalue weighted by Crippen LogP contribution is 2.21. The first-order valence-corrected chi connectivity index (χ1v) is 11.4. The van der Waals surface area contributed by atoms with Crippen molar-refractivity contribution in [1.82, 2.24) is 45.2 Å². The number of carbonyl (C=O) groups is 1. The molecule has 0 unspecified atom stereocenters. The third kappa shape index (κ3) is 5.48. The number of aromatic amines is 1. The summed E-state index contributed by atoms with van der Waals surface area (Å²) >= 11 is 0. The molecule has 5 heterocycles. The van der Waals surface area contributed by atoms with Crippen LogP contribution in [-0.4, -0.2) is 45.8 Å². The summed E-state index contributed by atoms with van der Waals surface area (Å²) in [6.07, 6.45) is 6.61. The van der Waals surface area contributed by atoms with Gasteiger partial charge in [0.2, 0.25) is 0 Å². The van der Waals surface area contributed by atoms with Crippen molar-refractivity contribution in [2.45, 2.75) is 27.3 Å². The number of H-pyrrole nitrogens is 1. The number of aromatic nitrogens is 8. The number of pyridine rings is 2. The molecule has 37 heavy (non-hydrogen) atoms. The van der Waals surface area contributed by atoms with Gasteiger partial charge in [0.15, 0.2) is 29.0 Å². The Morgan fingerprint density at radius 2 is 1.89 bits per heavy atom. The van der Waals surface area contributed by atoms with Crippen molar-refractivity contribution in [3.05, 3.63) is 89.1 Å². The largest absolute Gasteiger partial charge is 0.346 e. The molecule has 0 aliphatic rings. The number of carbonyl (C=O) groups excluding carboxylic acids is 1. The van der Waals surface area contributed by atoms with E-state index in [1.807, 2.05) is 32.2 Å². The Labute approximate surface area is 211 Å². The summed E-state index contributed by atoms with van der Waals surface area (Å²) in [5.74, 6) is 0.601. The van der Waals surface area contributed by atoms with E-state index >= 15 is 0 Å². The highest BCUT2D eigenvalue weighted by molar-refractivity contribution is 5.92. The van der Waals surface area contributed by atoms with E-state index < -0.39 is 11.7 Å². The van der Waals surface area contributed by atoms with Gasteiger partial charge in [-0.2, -0.15) is 10.2 Å². The molecule has 11 nitrogen and oxygen atoms in total. The maximum absolute atomic E-state index is 14.9. The SMILES string of the molecule is Cc1cnn(-c2ccc(CNC(=O)c3ncc(-c4nc(C)cc(Nc5cc(C)[nH]n5)n4)cc3F)cn2)c1. The molecule has 5 aromatic rings. The fourth-order valence-electron chi connectivity index (χ4n) is 3.56. The molecule has 0 saturated heterocycles. The minimum atomic E-state index is -0.778. The Balaban J connectivity index is 1.26. The summed E-state index contributed by atoms with van der Waals surface area (Å²) in [6, 6.07) is 8.38. The molecule has 3 N–H and O–H groups in total. The van der Waals surface area contributed by atoms with Crippen molar-refractivity contribution < 1.29 is 9.18 Å². The molecule has 5 aromatic heterocycles. The van der Waals surface area contributed by atoms with Crippen molar-refractivity contribution >= 4 is 17.5 Å². The summed E-state index contributed by atoms with van der Waals surface area (Å²) in [5.41, 5.74) is 3.36. The molecule has 0 saturated carbocycles. The van der Waals surface area contributed by atoms with Crippen LogP contribution in [0, 0.1) is 26.6 Å². The first-order chi connectivity index (χ1) is 17.8. The number of anilines is 2. The Kier molecular flexibility index (Phi) is 6.37. The number of aryl methyl sites for hydroxylation is 3. The monoisotopic (exact) mass is 498 g/mol. The fraction of sp³-hybridized carbons (Fsp3) is 0.160. The lowest BCUT2D eigenvalue weighted by Gasteiger charge is -2.09. The van der Waals surface area contributed by atoms with Gasteiger partial charge in [-0.1, -0.05) is 6.07 Å². The molecule has 0 atom stereocenters. The first-order valence-electron chi connectivity index (χ1n) is 11.4. The minimum Gasteiger partial charge on any atom is -0.346 e. The molecule has 12 heteroatoms. The van der Waals surface area contributed by atoms with Crippen LogP contribution in [-0.2, 0) is 6.54 Å². The van der Waals surface area contributed by atoms with Crippen molar-refractivity contribution in [2.75, 3.05) is 5.32 Å². The Morgan fingerprint density at radius 3 is 2.57 bits per heavy atom.